The quantitative estimate of drug-likeness (QED) is 0.764. The number of hydrogen-bond donors (Lipinski definition) is 2. The Balaban J connectivity index is 1.66. The van der Waals surface area contributed by atoms with Gasteiger partial charge in [-0.2, -0.15) is 11.3 Å². The number of benzene rings is 1. The Morgan fingerprint density at radius 1 is 1.26 bits per heavy atom. The topological polar surface area (TPSA) is 58.6 Å². The number of hydrogen-bond acceptors (Lipinski definition) is 4. The van der Waals surface area contributed by atoms with E-state index in [2.05, 4.69) is 22.1 Å². The van der Waals surface area contributed by atoms with Crippen molar-refractivity contribution in [3.63, 3.8) is 0 Å². The average Bonchev–Trinajstić information content (AvgIpc) is 2.92. The fraction of sp³-hybridized carbons (Fsp3) is 0.214. The molecular weight excluding hydrogens is 262 g/mol. The van der Waals surface area contributed by atoms with Gasteiger partial charge < -0.3 is 15.2 Å². The molecule has 4 nitrogen and oxygen atoms in total. The zero-order valence-corrected chi connectivity index (χ0v) is 11.2. The minimum absolute atomic E-state index is 0.267. The maximum atomic E-state index is 10.7. The first-order chi connectivity index (χ1) is 9.25. The molecule has 0 saturated carbocycles. The third kappa shape index (κ3) is 4.39. The van der Waals surface area contributed by atoms with Crippen LogP contribution in [-0.2, 0) is 6.54 Å². The van der Waals surface area contributed by atoms with Crippen molar-refractivity contribution in [1.29, 1.82) is 0 Å². The normalized spacial score (nSPS) is 10.3. The van der Waals surface area contributed by atoms with Gasteiger partial charge in [-0.05, 0) is 46.7 Å². The maximum absolute atomic E-state index is 10.7. The highest BCUT2D eigenvalue weighted by atomic mass is 32.1. The summed E-state index contributed by atoms with van der Waals surface area (Å²) in [5.41, 5.74) is 1.54. The van der Waals surface area contributed by atoms with Crippen molar-refractivity contribution in [3.05, 3.63) is 52.2 Å². The summed E-state index contributed by atoms with van der Waals surface area (Å²) < 4.78 is 5.51. The molecule has 0 aliphatic heterocycles. The molecule has 1 aromatic carbocycles. The van der Waals surface area contributed by atoms with Crippen molar-refractivity contribution in [2.75, 3.05) is 13.2 Å². The molecule has 0 aliphatic rings. The molecule has 1 heterocycles. The van der Waals surface area contributed by atoms with Crippen LogP contribution in [0.15, 0.2) is 41.1 Å². The highest BCUT2D eigenvalue weighted by Gasteiger charge is 2.01. The van der Waals surface area contributed by atoms with Crippen LogP contribution in [0.5, 0.6) is 5.75 Å². The molecular formula is C14H15NO3S. The minimum Gasteiger partial charge on any atom is -0.492 e. The maximum Gasteiger partial charge on any atom is 0.335 e. The van der Waals surface area contributed by atoms with E-state index in [-0.39, 0.29) is 5.56 Å². The zero-order valence-electron chi connectivity index (χ0n) is 10.3. The average molecular weight is 277 g/mol. The third-order valence-corrected chi connectivity index (χ3v) is 3.29. The molecule has 0 spiro atoms. The number of thiophene rings is 1. The Kier molecular flexibility index (Phi) is 4.94. The lowest BCUT2D eigenvalue weighted by atomic mass is 10.2. The molecule has 0 atom stereocenters. The SMILES string of the molecule is O=C(O)c1ccc(OCCNCc2ccsc2)cc1. The lowest BCUT2D eigenvalue weighted by Crippen LogP contribution is -2.20. The molecule has 0 fully saturated rings. The van der Waals surface area contributed by atoms with Crippen LogP contribution in [0.4, 0.5) is 0 Å². The van der Waals surface area contributed by atoms with Gasteiger partial charge in [0.15, 0.2) is 0 Å². The van der Waals surface area contributed by atoms with Gasteiger partial charge in [0.05, 0.1) is 5.56 Å². The van der Waals surface area contributed by atoms with E-state index >= 15 is 0 Å². The predicted molar refractivity (Wildman–Crippen MR) is 74.9 cm³/mol. The predicted octanol–water partition coefficient (Wildman–Crippen LogP) is 2.61. The summed E-state index contributed by atoms with van der Waals surface area (Å²) in [5.74, 6) is -0.244. The largest absolute Gasteiger partial charge is 0.492 e. The van der Waals surface area contributed by atoms with E-state index in [0.29, 0.717) is 12.4 Å². The lowest BCUT2D eigenvalue weighted by molar-refractivity contribution is 0.0697. The molecule has 5 heteroatoms. The number of carboxylic acid groups (broad SMARTS) is 1. The standard InChI is InChI=1S/C14H15NO3S/c16-14(17)12-1-3-13(4-2-12)18-7-6-15-9-11-5-8-19-10-11/h1-5,8,10,15H,6-7,9H2,(H,16,17). The zero-order chi connectivity index (χ0) is 13.5. The van der Waals surface area contributed by atoms with Gasteiger partial charge in [0.25, 0.3) is 0 Å². The van der Waals surface area contributed by atoms with Crippen molar-refractivity contribution < 1.29 is 14.6 Å². The Hall–Kier alpha value is -1.85. The van der Waals surface area contributed by atoms with E-state index in [4.69, 9.17) is 9.84 Å². The van der Waals surface area contributed by atoms with E-state index in [1.165, 1.54) is 17.7 Å². The highest BCUT2D eigenvalue weighted by molar-refractivity contribution is 7.07. The van der Waals surface area contributed by atoms with Crippen LogP contribution in [0, 0.1) is 0 Å². The van der Waals surface area contributed by atoms with Crippen LogP contribution in [-0.4, -0.2) is 24.2 Å². The van der Waals surface area contributed by atoms with E-state index in [9.17, 15) is 4.79 Å². The van der Waals surface area contributed by atoms with Crippen molar-refractivity contribution in [2.24, 2.45) is 0 Å². The van der Waals surface area contributed by atoms with Gasteiger partial charge in [-0.1, -0.05) is 0 Å². The van der Waals surface area contributed by atoms with Crippen molar-refractivity contribution in [3.8, 4) is 5.75 Å². The van der Waals surface area contributed by atoms with Crippen molar-refractivity contribution in [2.45, 2.75) is 6.54 Å². The smallest absolute Gasteiger partial charge is 0.335 e. The Morgan fingerprint density at radius 2 is 2.05 bits per heavy atom. The van der Waals surface area contributed by atoms with Gasteiger partial charge in [-0.3, -0.25) is 0 Å². The second-order valence-electron chi connectivity index (χ2n) is 3.99. The van der Waals surface area contributed by atoms with Gasteiger partial charge in [0.1, 0.15) is 12.4 Å². The number of ether oxygens (including phenoxy) is 1. The van der Waals surface area contributed by atoms with Gasteiger partial charge in [0.2, 0.25) is 0 Å². The molecule has 100 valence electrons. The first-order valence-corrected chi connectivity index (χ1v) is 6.88. The van der Waals surface area contributed by atoms with Crippen LogP contribution in [0.3, 0.4) is 0 Å². The van der Waals surface area contributed by atoms with Gasteiger partial charge in [0, 0.05) is 13.1 Å². The number of rotatable bonds is 7. The summed E-state index contributed by atoms with van der Waals surface area (Å²) in [6, 6.07) is 8.50. The number of aromatic carboxylic acids is 1. The lowest BCUT2D eigenvalue weighted by Gasteiger charge is -2.07. The number of carbonyl (C=O) groups is 1. The van der Waals surface area contributed by atoms with Crippen LogP contribution in [0.2, 0.25) is 0 Å². The van der Waals surface area contributed by atoms with Gasteiger partial charge in [-0.15, -0.1) is 0 Å². The second-order valence-corrected chi connectivity index (χ2v) is 4.77. The van der Waals surface area contributed by atoms with E-state index < -0.39 is 5.97 Å². The second kappa shape index (κ2) is 6.92. The van der Waals surface area contributed by atoms with E-state index in [1.807, 2.05) is 0 Å². The van der Waals surface area contributed by atoms with Crippen LogP contribution in [0.1, 0.15) is 15.9 Å². The van der Waals surface area contributed by atoms with E-state index in [0.717, 1.165) is 13.1 Å². The molecule has 0 radical (unpaired) electrons. The molecule has 2 aromatic rings. The van der Waals surface area contributed by atoms with Crippen LogP contribution < -0.4 is 10.1 Å². The summed E-state index contributed by atoms with van der Waals surface area (Å²) in [5, 5.41) is 16.2. The Bertz CT molecular complexity index is 508. The number of nitrogens with one attached hydrogen (secondary N) is 1. The first kappa shape index (κ1) is 13.6. The molecule has 0 bridgehead atoms. The molecule has 2 rings (SSSR count). The summed E-state index contributed by atoms with van der Waals surface area (Å²) in [4.78, 5) is 10.7. The fourth-order valence-electron chi connectivity index (χ4n) is 1.56. The fourth-order valence-corrected chi connectivity index (χ4v) is 2.23. The molecule has 0 saturated heterocycles. The highest BCUT2D eigenvalue weighted by Crippen LogP contribution is 2.11. The third-order valence-electron chi connectivity index (χ3n) is 2.56. The minimum atomic E-state index is -0.927. The summed E-state index contributed by atoms with van der Waals surface area (Å²) >= 11 is 1.68. The van der Waals surface area contributed by atoms with Gasteiger partial charge in [-0.25, -0.2) is 4.79 Å². The molecule has 19 heavy (non-hydrogen) atoms. The molecule has 1 aromatic heterocycles. The Labute approximate surface area is 115 Å². The molecule has 2 N–H and O–H groups in total. The van der Waals surface area contributed by atoms with Crippen LogP contribution in [0.25, 0.3) is 0 Å². The van der Waals surface area contributed by atoms with Crippen LogP contribution >= 0.6 is 11.3 Å². The van der Waals surface area contributed by atoms with Gasteiger partial charge >= 0.3 is 5.97 Å². The number of carboxylic acids is 1. The summed E-state index contributed by atoms with van der Waals surface area (Å²) in [7, 11) is 0. The molecule has 0 unspecified atom stereocenters. The molecule has 0 amide bonds. The van der Waals surface area contributed by atoms with E-state index in [1.54, 1.807) is 23.5 Å². The monoisotopic (exact) mass is 277 g/mol. The Morgan fingerprint density at radius 3 is 2.68 bits per heavy atom. The van der Waals surface area contributed by atoms with Crippen molar-refractivity contribution >= 4 is 17.3 Å². The summed E-state index contributed by atoms with van der Waals surface area (Å²) in [6.07, 6.45) is 0. The summed E-state index contributed by atoms with van der Waals surface area (Å²) in [6.45, 7) is 2.14. The first-order valence-electron chi connectivity index (χ1n) is 5.93. The van der Waals surface area contributed by atoms with Crippen molar-refractivity contribution in [1.82, 2.24) is 5.32 Å². The molecule has 0 aliphatic carbocycles.